The average Bonchev–Trinajstić information content (AvgIpc) is 3.40. The van der Waals surface area contributed by atoms with E-state index < -0.39 is 33.7 Å². The number of rotatable bonds is 7. The molecule has 1 amide bonds. The van der Waals surface area contributed by atoms with E-state index in [1.807, 2.05) is 32.5 Å². The van der Waals surface area contributed by atoms with Gasteiger partial charge in [0.05, 0.1) is 36.1 Å². The molecule has 1 aromatic carbocycles. The molecule has 0 spiro atoms. The molecule has 216 valence electrons. The number of ether oxygens (including phenoxy) is 2. The van der Waals surface area contributed by atoms with Gasteiger partial charge < -0.3 is 9.47 Å². The number of carbonyl (C=O) groups is 1. The third kappa shape index (κ3) is 6.58. The SMILES string of the molecule is Cn1c(C(C)(C)C)c/c(=N\C(=O)c2cc(C(F)(F)F)ccc2OC[C@@H]2CCN2S(C)(=O)=O)n1C[C@H]1CCCO1. The maximum atomic E-state index is 13.6. The fourth-order valence-corrected chi connectivity index (χ4v) is 6.08. The molecular weight excluding hydrogens is 537 g/mol. The summed E-state index contributed by atoms with van der Waals surface area (Å²) >= 11 is 0. The maximum Gasteiger partial charge on any atom is 0.416 e. The van der Waals surface area contributed by atoms with E-state index in [-0.39, 0.29) is 29.4 Å². The summed E-state index contributed by atoms with van der Waals surface area (Å²) in [6.07, 6.45) is -1.33. The van der Waals surface area contributed by atoms with Gasteiger partial charge in [-0.05, 0) is 37.5 Å². The van der Waals surface area contributed by atoms with Gasteiger partial charge in [-0.2, -0.15) is 22.5 Å². The number of hydrogen-bond acceptors (Lipinski definition) is 5. The van der Waals surface area contributed by atoms with Crippen molar-refractivity contribution in [1.82, 2.24) is 13.7 Å². The second kappa shape index (κ2) is 10.7. The van der Waals surface area contributed by atoms with E-state index in [9.17, 15) is 26.4 Å². The first-order valence-corrected chi connectivity index (χ1v) is 14.7. The van der Waals surface area contributed by atoms with Crippen LogP contribution in [0.4, 0.5) is 13.2 Å². The van der Waals surface area contributed by atoms with Crippen molar-refractivity contribution in [3.63, 3.8) is 0 Å². The highest BCUT2D eigenvalue weighted by molar-refractivity contribution is 7.88. The van der Waals surface area contributed by atoms with Crippen molar-refractivity contribution >= 4 is 15.9 Å². The third-order valence-corrected chi connectivity index (χ3v) is 8.44. The molecule has 2 atom stereocenters. The van der Waals surface area contributed by atoms with Crippen LogP contribution in [-0.2, 0) is 39.9 Å². The lowest BCUT2D eigenvalue weighted by molar-refractivity contribution is -0.137. The lowest BCUT2D eigenvalue weighted by Crippen LogP contribution is -2.53. The minimum Gasteiger partial charge on any atom is -0.491 e. The summed E-state index contributed by atoms with van der Waals surface area (Å²) in [5.74, 6) is -0.980. The van der Waals surface area contributed by atoms with Gasteiger partial charge in [-0.25, -0.2) is 8.42 Å². The van der Waals surface area contributed by atoms with E-state index >= 15 is 0 Å². The van der Waals surface area contributed by atoms with Gasteiger partial charge in [0.1, 0.15) is 12.4 Å². The molecule has 0 radical (unpaired) electrons. The van der Waals surface area contributed by atoms with Crippen LogP contribution in [0.3, 0.4) is 0 Å². The highest BCUT2D eigenvalue weighted by atomic mass is 32.2. The molecule has 2 aliphatic heterocycles. The van der Waals surface area contributed by atoms with Crippen LogP contribution in [-0.4, -0.2) is 66.2 Å². The van der Waals surface area contributed by atoms with Gasteiger partial charge in [-0.15, -0.1) is 0 Å². The summed E-state index contributed by atoms with van der Waals surface area (Å²) in [7, 11) is -1.59. The maximum absolute atomic E-state index is 13.6. The van der Waals surface area contributed by atoms with Crippen LogP contribution < -0.4 is 10.2 Å². The first-order valence-electron chi connectivity index (χ1n) is 12.8. The fraction of sp³-hybridized carbons (Fsp3) is 0.615. The number of nitrogens with zero attached hydrogens (tertiary/aromatic N) is 4. The van der Waals surface area contributed by atoms with Crippen molar-refractivity contribution in [2.24, 2.45) is 12.0 Å². The number of carbonyl (C=O) groups excluding carboxylic acids is 1. The Kier molecular flexibility index (Phi) is 8.08. The smallest absolute Gasteiger partial charge is 0.416 e. The monoisotopic (exact) mass is 572 g/mol. The Morgan fingerprint density at radius 1 is 1.18 bits per heavy atom. The standard InChI is InChI=1S/C26H35F3N4O5S/c1-25(2,3)22-14-23(32(31(22)4)15-19-7-6-12-37-19)30-24(34)20-13-17(26(27,28)29)8-9-21(20)38-16-18-10-11-33(18)39(5,35)36/h8-9,13-14,18-19H,6-7,10-12,15-16H2,1-5H3/b30-23+/t18-,19+/m0/s1. The lowest BCUT2D eigenvalue weighted by atomic mass is 9.92. The lowest BCUT2D eigenvalue weighted by Gasteiger charge is -2.38. The Morgan fingerprint density at radius 2 is 1.90 bits per heavy atom. The van der Waals surface area contributed by atoms with Crippen LogP contribution in [0.5, 0.6) is 5.75 Å². The molecule has 2 fully saturated rings. The third-order valence-electron chi connectivity index (χ3n) is 7.11. The number of aromatic nitrogens is 2. The summed E-state index contributed by atoms with van der Waals surface area (Å²) in [6.45, 7) is 7.38. The zero-order valence-corrected chi connectivity index (χ0v) is 23.6. The summed E-state index contributed by atoms with van der Waals surface area (Å²) in [4.78, 5) is 17.7. The van der Waals surface area contributed by atoms with Gasteiger partial charge in [0.2, 0.25) is 10.0 Å². The Morgan fingerprint density at radius 3 is 2.44 bits per heavy atom. The van der Waals surface area contributed by atoms with Crippen LogP contribution in [0.2, 0.25) is 0 Å². The van der Waals surface area contributed by atoms with Crippen LogP contribution in [0.25, 0.3) is 0 Å². The fourth-order valence-electron chi connectivity index (χ4n) is 4.93. The van der Waals surface area contributed by atoms with Gasteiger partial charge in [-0.3, -0.25) is 14.2 Å². The molecule has 0 aliphatic carbocycles. The van der Waals surface area contributed by atoms with Crippen LogP contribution >= 0.6 is 0 Å². The Labute approximate surface area is 226 Å². The molecule has 2 saturated heterocycles. The van der Waals surface area contributed by atoms with Gasteiger partial charge in [0.25, 0.3) is 5.91 Å². The minimum absolute atomic E-state index is 0.0619. The summed E-state index contributed by atoms with van der Waals surface area (Å²) in [6, 6.07) is 3.95. The van der Waals surface area contributed by atoms with Gasteiger partial charge in [0.15, 0.2) is 5.49 Å². The molecular formula is C26H35F3N4O5S. The Balaban J connectivity index is 1.72. The molecule has 4 rings (SSSR count). The van der Waals surface area contributed by atoms with E-state index in [4.69, 9.17) is 9.47 Å². The molecule has 0 saturated carbocycles. The molecule has 3 heterocycles. The highest BCUT2D eigenvalue weighted by Gasteiger charge is 2.36. The number of benzene rings is 1. The van der Waals surface area contributed by atoms with Crippen molar-refractivity contribution < 1.29 is 35.9 Å². The van der Waals surface area contributed by atoms with Gasteiger partial charge in [0, 0.05) is 37.4 Å². The normalized spacial score (nSPS) is 21.3. The Bertz CT molecular complexity index is 1400. The second-order valence-corrected chi connectivity index (χ2v) is 13.1. The number of hydrogen-bond donors (Lipinski definition) is 0. The van der Waals surface area contributed by atoms with E-state index in [1.165, 1.54) is 4.31 Å². The molecule has 0 unspecified atom stereocenters. The number of amides is 1. The van der Waals surface area contributed by atoms with Crippen LogP contribution in [0.15, 0.2) is 29.3 Å². The first-order chi connectivity index (χ1) is 18.1. The van der Waals surface area contributed by atoms with Crippen molar-refractivity contribution in [2.75, 3.05) is 26.0 Å². The van der Waals surface area contributed by atoms with Gasteiger partial charge in [-0.1, -0.05) is 20.8 Å². The van der Waals surface area contributed by atoms with Crippen LogP contribution in [0.1, 0.15) is 61.6 Å². The van der Waals surface area contributed by atoms with Crippen molar-refractivity contribution in [1.29, 1.82) is 0 Å². The summed E-state index contributed by atoms with van der Waals surface area (Å²) < 4.78 is 80.9. The largest absolute Gasteiger partial charge is 0.491 e. The molecule has 39 heavy (non-hydrogen) atoms. The molecule has 2 aliphatic rings. The van der Waals surface area contributed by atoms with E-state index in [2.05, 4.69) is 4.99 Å². The Hall–Kier alpha value is -2.64. The van der Waals surface area contributed by atoms with E-state index in [0.29, 0.717) is 31.6 Å². The van der Waals surface area contributed by atoms with E-state index in [1.54, 1.807) is 10.7 Å². The first kappa shape index (κ1) is 29.3. The van der Waals surface area contributed by atoms with Gasteiger partial charge >= 0.3 is 6.18 Å². The van der Waals surface area contributed by atoms with Crippen molar-refractivity contribution in [3.8, 4) is 5.75 Å². The van der Waals surface area contributed by atoms with Crippen molar-refractivity contribution in [3.05, 3.63) is 46.6 Å². The minimum atomic E-state index is -4.68. The average molecular weight is 573 g/mol. The summed E-state index contributed by atoms with van der Waals surface area (Å²) in [5.41, 5.74) is -0.458. The second-order valence-electron chi connectivity index (χ2n) is 11.1. The molecule has 13 heteroatoms. The predicted octanol–water partition coefficient (Wildman–Crippen LogP) is 3.48. The molecule has 9 nitrogen and oxygen atoms in total. The van der Waals surface area contributed by atoms with E-state index in [0.717, 1.165) is 43.0 Å². The topological polar surface area (TPSA) is 95.1 Å². The molecule has 1 aromatic heterocycles. The van der Waals surface area contributed by atoms with Crippen molar-refractivity contribution in [2.45, 2.75) is 70.3 Å². The zero-order chi connectivity index (χ0) is 28.8. The predicted molar refractivity (Wildman–Crippen MR) is 138 cm³/mol. The zero-order valence-electron chi connectivity index (χ0n) is 22.8. The number of halogens is 3. The van der Waals surface area contributed by atoms with Crippen LogP contribution in [0, 0.1) is 0 Å². The molecule has 0 N–H and O–H groups in total. The molecule has 0 bridgehead atoms. The molecule has 2 aromatic rings. The number of sulfonamides is 1. The highest BCUT2D eigenvalue weighted by Crippen LogP contribution is 2.33. The number of alkyl halides is 3. The summed E-state index contributed by atoms with van der Waals surface area (Å²) in [5, 5.41) is 0. The quantitative estimate of drug-likeness (QED) is 0.507.